The first-order chi connectivity index (χ1) is 14.2. The van der Waals surface area contributed by atoms with Gasteiger partial charge in [0, 0.05) is 41.4 Å². The molecule has 2 amide bonds. The van der Waals surface area contributed by atoms with E-state index in [1.54, 1.807) is 19.9 Å². The summed E-state index contributed by atoms with van der Waals surface area (Å²) < 4.78 is 6.08. The molecule has 160 valence electrons. The molecule has 4 bridgehead atoms. The molecular weight excluding hydrogens is 400 g/mol. The van der Waals surface area contributed by atoms with Crippen molar-refractivity contribution in [3.05, 3.63) is 40.4 Å². The van der Waals surface area contributed by atoms with Crippen LogP contribution in [0.25, 0.3) is 0 Å². The van der Waals surface area contributed by atoms with E-state index in [-0.39, 0.29) is 17.5 Å². The molecule has 0 spiro atoms. The van der Waals surface area contributed by atoms with E-state index in [4.69, 9.17) is 16.3 Å². The first-order valence-corrected chi connectivity index (χ1v) is 11.3. The number of carbonyl (C=O) groups excluding carboxylic acids is 2. The number of benzene rings is 1. The van der Waals surface area contributed by atoms with Gasteiger partial charge in [-0.25, -0.2) is 0 Å². The van der Waals surface area contributed by atoms with E-state index in [0.29, 0.717) is 34.9 Å². The summed E-state index contributed by atoms with van der Waals surface area (Å²) in [6, 6.07) is 5.56. The van der Waals surface area contributed by atoms with E-state index >= 15 is 0 Å². The molecule has 1 heterocycles. The molecule has 1 aromatic carbocycles. The normalized spacial score (nSPS) is 32.0. The molecule has 7 rings (SSSR count). The Labute approximate surface area is 182 Å². The van der Waals surface area contributed by atoms with Crippen molar-refractivity contribution in [1.29, 1.82) is 0 Å². The molecule has 3 saturated carbocycles. The minimum atomic E-state index is -0.988. The van der Waals surface area contributed by atoms with Crippen LogP contribution in [0.3, 0.4) is 0 Å². The second-order valence-corrected chi connectivity index (χ2v) is 10.4. The fourth-order valence-corrected chi connectivity index (χ4v) is 6.30. The third-order valence-corrected chi connectivity index (χ3v) is 7.87. The second-order valence-electron chi connectivity index (χ2n) is 9.92. The lowest BCUT2D eigenvalue weighted by Crippen LogP contribution is -2.70. The van der Waals surface area contributed by atoms with Gasteiger partial charge in [0.2, 0.25) is 5.91 Å². The Hall–Kier alpha value is -2.01. The van der Waals surface area contributed by atoms with Gasteiger partial charge in [0.05, 0.1) is 0 Å². The number of aryl methyl sites for hydroxylation is 1. The number of amides is 2. The molecule has 0 radical (unpaired) electrons. The number of nitrogens with one attached hydrogen (secondary N) is 1. The summed E-state index contributed by atoms with van der Waals surface area (Å²) in [6.07, 6.45) is 6.93. The highest BCUT2D eigenvalue weighted by Gasteiger charge is 2.62. The Morgan fingerprint density at radius 3 is 2.67 bits per heavy atom. The SMILES string of the molecule is Cc1cc(Cl)ccc1OC(C)(C)C(=O)NC1[C@@H]2CC3(N4CCCC4=O)CC=C2[C@@H]1C3. The topological polar surface area (TPSA) is 58.6 Å². The molecule has 5 aliphatic carbocycles. The lowest BCUT2D eigenvalue weighted by Gasteiger charge is -2.64. The number of nitrogens with zero attached hydrogens (tertiary/aromatic N) is 1. The Bertz CT molecular complexity index is 938. The van der Waals surface area contributed by atoms with Crippen LogP contribution in [0, 0.1) is 18.8 Å². The first-order valence-electron chi connectivity index (χ1n) is 11.0. The quantitative estimate of drug-likeness (QED) is 0.720. The fourth-order valence-electron chi connectivity index (χ4n) is 6.08. The zero-order chi connectivity index (χ0) is 21.3. The molecule has 6 heteroatoms. The van der Waals surface area contributed by atoms with Crippen LogP contribution in [0.1, 0.15) is 51.5 Å². The number of likely N-dealkylation sites (tertiary alicyclic amines) is 1. The van der Waals surface area contributed by atoms with Crippen molar-refractivity contribution in [3.63, 3.8) is 0 Å². The second kappa shape index (κ2) is 6.74. The molecule has 0 aromatic heterocycles. The van der Waals surface area contributed by atoms with Crippen LogP contribution in [-0.2, 0) is 9.59 Å². The van der Waals surface area contributed by atoms with Gasteiger partial charge in [0.25, 0.3) is 5.91 Å². The maximum atomic E-state index is 13.1. The molecular formula is C24H29ClN2O3. The van der Waals surface area contributed by atoms with E-state index in [2.05, 4.69) is 16.3 Å². The minimum Gasteiger partial charge on any atom is -0.478 e. The van der Waals surface area contributed by atoms with Crippen LogP contribution in [0.2, 0.25) is 5.02 Å². The van der Waals surface area contributed by atoms with Crippen LogP contribution >= 0.6 is 11.6 Å². The minimum absolute atomic E-state index is 0.0155. The molecule has 2 unspecified atom stereocenters. The third-order valence-electron chi connectivity index (χ3n) is 7.63. The number of hydrogen-bond donors (Lipinski definition) is 1. The van der Waals surface area contributed by atoms with E-state index in [1.807, 2.05) is 19.1 Å². The largest absolute Gasteiger partial charge is 0.478 e. The monoisotopic (exact) mass is 428 g/mol. The molecule has 1 N–H and O–H groups in total. The summed E-state index contributed by atoms with van der Waals surface area (Å²) in [7, 11) is 0. The average Bonchev–Trinajstić information content (AvgIpc) is 3.15. The van der Waals surface area contributed by atoms with Crippen molar-refractivity contribution in [3.8, 4) is 5.75 Å². The Morgan fingerprint density at radius 1 is 1.30 bits per heavy atom. The van der Waals surface area contributed by atoms with Crippen LogP contribution in [-0.4, -0.2) is 40.4 Å². The van der Waals surface area contributed by atoms with Crippen LogP contribution in [0.4, 0.5) is 0 Å². The van der Waals surface area contributed by atoms with Gasteiger partial charge in [-0.15, -0.1) is 0 Å². The molecule has 1 aromatic rings. The van der Waals surface area contributed by atoms with E-state index in [9.17, 15) is 9.59 Å². The van der Waals surface area contributed by atoms with Gasteiger partial charge in [-0.3, -0.25) is 9.59 Å². The molecule has 1 aliphatic heterocycles. The van der Waals surface area contributed by atoms with Crippen molar-refractivity contribution >= 4 is 23.4 Å². The first kappa shape index (κ1) is 19.9. The van der Waals surface area contributed by atoms with Gasteiger partial charge in [0.1, 0.15) is 5.75 Å². The fraction of sp³-hybridized carbons (Fsp3) is 0.583. The van der Waals surface area contributed by atoms with E-state index in [1.165, 1.54) is 5.57 Å². The maximum absolute atomic E-state index is 13.1. The highest BCUT2D eigenvalue weighted by molar-refractivity contribution is 6.30. The predicted octanol–water partition coefficient (Wildman–Crippen LogP) is 4.02. The third kappa shape index (κ3) is 2.96. The summed E-state index contributed by atoms with van der Waals surface area (Å²) in [5.41, 5.74) is 1.39. The zero-order valence-electron chi connectivity index (χ0n) is 17.8. The zero-order valence-corrected chi connectivity index (χ0v) is 18.6. The number of halogens is 1. The van der Waals surface area contributed by atoms with E-state index in [0.717, 1.165) is 37.8 Å². The van der Waals surface area contributed by atoms with Gasteiger partial charge in [0.15, 0.2) is 5.60 Å². The summed E-state index contributed by atoms with van der Waals surface area (Å²) in [5, 5.41) is 3.93. The van der Waals surface area contributed by atoms with Gasteiger partial charge >= 0.3 is 0 Å². The molecule has 4 fully saturated rings. The Morgan fingerprint density at radius 2 is 2.03 bits per heavy atom. The lowest BCUT2D eigenvalue weighted by molar-refractivity contribution is -0.144. The van der Waals surface area contributed by atoms with Crippen LogP contribution in [0.5, 0.6) is 5.75 Å². The summed E-state index contributed by atoms with van der Waals surface area (Å²) >= 11 is 6.03. The van der Waals surface area contributed by atoms with Crippen molar-refractivity contribution < 1.29 is 14.3 Å². The molecule has 6 aliphatic rings. The highest BCUT2D eigenvalue weighted by Crippen LogP contribution is 2.61. The van der Waals surface area contributed by atoms with Crippen molar-refractivity contribution in [2.24, 2.45) is 11.8 Å². The smallest absolute Gasteiger partial charge is 0.263 e. The van der Waals surface area contributed by atoms with Crippen LogP contribution < -0.4 is 10.1 Å². The number of ether oxygens (including phenoxy) is 1. The van der Waals surface area contributed by atoms with Crippen LogP contribution in [0.15, 0.2) is 29.8 Å². The summed E-state index contributed by atoms with van der Waals surface area (Å²) in [6.45, 7) is 6.43. The predicted molar refractivity (Wildman–Crippen MR) is 115 cm³/mol. The number of hydrogen-bond acceptors (Lipinski definition) is 3. The Kier molecular flexibility index (Phi) is 4.48. The molecule has 5 nitrogen and oxygen atoms in total. The molecule has 1 saturated heterocycles. The van der Waals surface area contributed by atoms with Crippen molar-refractivity contribution in [1.82, 2.24) is 10.2 Å². The summed E-state index contributed by atoms with van der Waals surface area (Å²) in [4.78, 5) is 27.7. The van der Waals surface area contributed by atoms with Crippen molar-refractivity contribution in [2.45, 2.75) is 70.1 Å². The average molecular weight is 429 g/mol. The highest BCUT2D eigenvalue weighted by atomic mass is 35.5. The lowest BCUT2D eigenvalue weighted by atomic mass is 9.47. The molecule has 30 heavy (non-hydrogen) atoms. The standard InChI is InChI=1S/C24H29ClN2O3/c1-14-11-15(25)6-7-19(14)30-23(2,3)22(29)26-21-17-12-24(27-10-4-5-20(27)28)9-8-16(17)18(21)13-24/h6-8,11,17-18,21H,4-5,9-10,12-13H2,1-3H3,(H,26,29)/t17-,18+,21?,24?. The van der Waals surface area contributed by atoms with Gasteiger partial charge < -0.3 is 15.0 Å². The van der Waals surface area contributed by atoms with E-state index < -0.39 is 5.60 Å². The summed E-state index contributed by atoms with van der Waals surface area (Å²) in [5.74, 6) is 1.58. The van der Waals surface area contributed by atoms with Gasteiger partial charge in [-0.05, 0) is 70.2 Å². The Balaban J connectivity index is 1.27. The van der Waals surface area contributed by atoms with Gasteiger partial charge in [-0.1, -0.05) is 23.3 Å². The maximum Gasteiger partial charge on any atom is 0.263 e. The molecule has 4 atom stereocenters. The van der Waals surface area contributed by atoms with Gasteiger partial charge in [-0.2, -0.15) is 0 Å². The number of rotatable bonds is 5. The van der Waals surface area contributed by atoms with Crippen molar-refractivity contribution in [2.75, 3.05) is 6.54 Å². The number of carbonyl (C=O) groups is 2. The number of fused-ring (bicyclic) bond motifs is 1.